The molecule has 8 heteroatoms. The average Bonchev–Trinajstić information content (AvgIpc) is 3.29. The van der Waals surface area contributed by atoms with Crippen molar-refractivity contribution >= 4 is 44.6 Å². The molecule has 0 atom stereocenters. The van der Waals surface area contributed by atoms with Gasteiger partial charge in [-0.15, -0.1) is 0 Å². The molecule has 0 saturated carbocycles. The molecule has 0 bridgehead atoms. The number of hydrogen-bond acceptors (Lipinski definition) is 6. The maximum absolute atomic E-state index is 12.0. The fourth-order valence-electron chi connectivity index (χ4n) is 2.30. The van der Waals surface area contributed by atoms with Crippen molar-refractivity contribution in [2.75, 3.05) is 18.5 Å². The highest BCUT2D eigenvalue weighted by molar-refractivity contribution is 7.22. The highest BCUT2D eigenvalue weighted by Crippen LogP contribution is 2.29. The molecule has 2 N–H and O–H groups in total. The van der Waals surface area contributed by atoms with Crippen molar-refractivity contribution in [2.24, 2.45) is 0 Å². The predicted molar refractivity (Wildman–Crippen MR) is 105 cm³/mol. The Morgan fingerprint density at radius 2 is 2.22 bits per heavy atom. The number of aromatic nitrogens is 1. The number of hydrogen-bond donors (Lipinski definition) is 2. The quantitative estimate of drug-likeness (QED) is 0.579. The number of carbonyl (C=O) groups excluding carboxylic acids is 2. The summed E-state index contributed by atoms with van der Waals surface area (Å²) < 4.78 is 11.5. The third kappa shape index (κ3) is 5.42. The molecule has 0 fully saturated rings. The number of nitrogens with zero attached hydrogens (tertiary/aromatic N) is 1. The second-order valence-corrected chi connectivity index (χ2v) is 6.55. The molecule has 0 unspecified atom stereocenters. The van der Waals surface area contributed by atoms with Crippen molar-refractivity contribution in [2.45, 2.75) is 13.3 Å². The normalized spacial score (nSPS) is 11.0. The molecule has 0 aliphatic rings. The first kappa shape index (κ1) is 18.7. The van der Waals surface area contributed by atoms with Crippen LogP contribution in [0, 0.1) is 0 Å². The predicted octanol–water partition coefficient (Wildman–Crippen LogP) is 3.45. The minimum Gasteiger partial charge on any atom is -0.494 e. The van der Waals surface area contributed by atoms with Crippen molar-refractivity contribution in [3.63, 3.8) is 0 Å². The number of ether oxygens (including phenoxy) is 1. The van der Waals surface area contributed by atoms with Gasteiger partial charge in [0.15, 0.2) is 5.13 Å². The van der Waals surface area contributed by atoms with E-state index in [1.165, 1.54) is 23.7 Å². The number of thiazole rings is 1. The topological polar surface area (TPSA) is 93.5 Å². The Hall–Kier alpha value is -3.13. The number of nitrogens with one attached hydrogen (secondary N) is 2. The van der Waals surface area contributed by atoms with Gasteiger partial charge < -0.3 is 19.8 Å². The number of benzene rings is 1. The minimum absolute atomic E-state index is 0.153. The molecule has 3 rings (SSSR count). The Kier molecular flexibility index (Phi) is 6.22. The first-order chi connectivity index (χ1) is 13.1. The summed E-state index contributed by atoms with van der Waals surface area (Å²) in [7, 11) is 0. The largest absolute Gasteiger partial charge is 0.494 e. The van der Waals surface area contributed by atoms with Crippen molar-refractivity contribution < 1.29 is 18.7 Å². The fraction of sp³-hybridized carbons (Fsp3) is 0.211. The highest BCUT2D eigenvalue weighted by atomic mass is 32.1. The van der Waals surface area contributed by atoms with E-state index in [1.54, 1.807) is 18.2 Å². The van der Waals surface area contributed by atoms with Crippen molar-refractivity contribution in [3.05, 3.63) is 48.4 Å². The second kappa shape index (κ2) is 9.00. The zero-order valence-electron chi connectivity index (χ0n) is 14.7. The molecule has 7 nitrogen and oxygen atoms in total. The molecule has 0 saturated heterocycles. The molecular formula is C19H19N3O4S. The van der Waals surface area contributed by atoms with Gasteiger partial charge in [0.05, 0.1) is 23.1 Å². The fourth-order valence-corrected chi connectivity index (χ4v) is 3.21. The molecular weight excluding hydrogens is 366 g/mol. The van der Waals surface area contributed by atoms with Crippen LogP contribution in [0.3, 0.4) is 0 Å². The van der Waals surface area contributed by atoms with Crippen molar-refractivity contribution in [1.82, 2.24) is 10.3 Å². The van der Waals surface area contributed by atoms with Crippen LogP contribution in [0.2, 0.25) is 0 Å². The van der Waals surface area contributed by atoms with E-state index in [0.29, 0.717) is 17.5 Å². The van der Waals surface area contributed by atoms with Gasteiger partial charge in [0.2, 0.25) is 11.8 Å². The van der Waals surface area contributed by atoms with Gasteiger partial charge in [-0.2, -0.15) is 0 Å². The smallest absolute Gasteiger partial charge is 0.244 e. The first-order valence-corrected chi connectivity index (χ1v) is 9.28. The maximum Gasteiger partial charge on any atom is 0.244 e. The Bertz CT molecular complexity index is 947. The summed E-state index contributed by atoms with van der Waals surface area (Å²) in [6.45, 7) is 2.75. The van der Waals surface area contributed by atoms with Crippen LogP contribution in [0.5, 0.6) is 5.75 Å². The van der Waals surface area contributed by atoms with Gasteiger partial charge in [0.1, 0.15) is 11.5 Å². The third-order valence-corrected chi connectivity index (χ3v) is 4.44. The van der Waals surface area contributed by atoms with Crippen LogP contribution in [0.25, 0.3) is 16.3 Å². The first-order valence-electron chi connectivity index (χ1n) is 8.46. The Morgan fingerprint density at radius 3 is 3.00 bits per heavy atom. The van der Waals surface area contributed by atoms with Crippen LogP contribution in [-0.2, 0) is 9.59 Å². The van der Waals surface area contributed by atoms with Gasteiger partial charge in [-0.05, 0) is 43.3 Å². The summed E-state index contributed by atoms with van der Waals surface area (Å²) in [6, 6.07) is 9.09. The van der Waals surface area contributed by atoms with Gasteiger partial charge in [0.25, 0.3) is 0 Å². The lowest BCUT2D eigenvalue weighted by molar-refractivity contribution is -0.117. The van der Waals surface area contributed by atoms with Gasteiger partial charge in [-0.1, -0.05) is 11.3 Å². The van der Waals surface area contributed by atoms with Crippen LogP contribution in [0.15, 0.2) is 47.1 Å². The average molecular weight is 385 g/mol. The van der Waals surface area contributed by atoms with Crippen molar-refractivity contribution in [1.29, 1.82) is 0 Å². The van der Waals surface area contributed by atoms with E-state index in [1.807, 2.05) is 25.1 Å². The van der Waals surface area contributed by atoms with Crippen molar-refractivity contribution in [3.8, 4) is 5.75 Å². The monoisotopic (exact) mass is 385 g/mol. The molecule has 0 radical (unpaired) electrons. The lowest BCUT2D eigenvalue weighted by atomic mass is 10.3. The SMILES string of the molecule is CCOc1ccc2nc(NC(=O)CCNC(=O)/C=C/c3ccco3)sc2c1. The number of amides is 2. The molecule has 0 spiro atoms. The minimum atomic E-state index is -0.289. The Labute approximate surface area is 160 Å². The molecule has 27 heavy (non-hydrogen) atoms. The van der Waals surface area contributed by atoms with E-state index in [9.17, 15) is 9.59 Å². The molecule has 2 heterocycles. The third-order valence-electron chi connectivity index (χ3n) is 3.51. The number of anilines is 1. The summed E-state index contributed by atoms with van der Waals surface area (Å²) in [6.07, 6.45) is 4.61. The van der Waals surface area contributed by atoms with E-state index in [0.717, 1.165) is 16.0 Å². The number of fused-ring (bicyclic) bond motifs is 1. The molecule has 0 aliphatic carbocycles. The summed E-state index contributed by atoms with van der Waals surface area (Å²) in [5.74, 6) is 0.861. The highest BCUT2D eigenvalue weighted by Gasteiger charge is 2.09. The van der Waals surface area contributed by atoms with E-state index >= 15 is 0 Å². The van der Waals surface area contributed by atoms with Gasteiger partial charge in [0, 0.05) is 19.0 Å². The molecule has 1 aromatic carbocycles. The molecule has 0 aliphatic heterocycles. The maximum atomic E-state index is 12.0. The summed E-state index contributed by atoms with van der Waals surface area (Å²) >= 11 is 1.38. The van der Waals surface area contributed by atoms with Crippen LogP contribution < -0.4 is 15.4 Å². The van der Waals surface area contributed by atoms with E-state index in [4.69, 9.17) is 9.15 Å². The standard InChI is InChI=1S/C19H19N3O4S/c1-2-25-14-5-7-15-16(12-14)27-19(21-15)22-18(24)9-10-20-17(23)8-6-13-4-3-11-26-13/h3-8,11-12H,2,9-10H2,1H3,(H,20,23)(H,21,22,24)/b8-6+. The second-order valence-electron chi connectivity index (χ2n) is 5.52. The zero-order chi connectivity index (χ0) is 19.1. The number of furan rings is 1. The van der Waals surface area contributed by atoms with Crippen LogP contribution in [0.4, 0.5) is 5.13 Å². The summed E-state index contributed by atoms with van der Waals surface area (Å²) in [4.78, 5) is 28.1. The molecule has 3 aromatic rings. The van der Waals surface area contributed by atoms with Gasteiger partial charge in [-0.25, -0.2) is 4.98 Å². The Balaban J connectivity index is 1.46. The molecule has 2 aromatic heterocycles. The van der Waals surface area contributed by atoms with Crippen LogP contribution in [-0.4, -0.2) is 29.9 Å². The Morgan fingerprint density at radius 1 is 1.33 bits per heavy atom. The molecule has 140 valence electrons. The molecule has 2 amide bonds. The van der Waals surface area contributed by atoms with Gasteiger partial charge >= 0.3 is 0 Å². The number of rotatable bonds is 8. The van der Waals surface area contributed by atoms with E-state index < -0.39 is 0 Å². The lowest BCUT2D eigenvalue weighted by Crippen LogP contribution is -2.26. The summed E-state index contributed by atoms with van der Waals surface area (Å²) in [5.41, 5.74) is 0.801. The van der Waals surface area contributed by atoms with Crippen LogP contribution in [0.1, 0.15) is 19.1 Å². The lowest BCUT2D eigenvalue weighted by Gasteiger charge is -2.02. The zero-order valence-corrected chi connectivity index (χ0v) is 15.5. The van der Waals surface area contributed by atoms with Crippen LogP contribution >= 0.6 is 11.3 Å². The van der Waals surface area contributed by atoms with E-state index in [2.05, 4.69) is 15.6 Å². The summed E-state index contributed by atoms with van der Waals surface area (Å²) in [5, 5.41) is 5.92. The number of carbonyl (C=O) groups is 2. The van der Waals surface area contributed by atoms with Gasteiger partial charge in [-0.3, -0.25) is 9.59 Å². The van der Waals surface area contributed by atoms with E-state index in [-0.39, 0.29) is 24.8 Å².